The lowest BCUT2D eigenvalue weighted by atomic mass is 10.0. The van der Waals surface area contributed by atoms with E-state index >= 15 is 0 Å². The van der Waals surface area contributed by atoms with Crippen LogP contribution >= 0.6 is 0 Å². The van der Waals surface area contributed by atoms with Crippen molar-refractivity contribution in [2.24, 2.45) is 5.92 Å². The summed E-state index contributed by atoms with van der Waals surface area (Å²) in [4.78, 5) is 10.6. The third-order valence-electron chi connectivity index (χ3n) is 3.93. The number of rotatable bonds is 4. The monoisotopic (exact) mass is 273 g/mol. The lowest BCUT2D eigenvalue weighted by Gasteiger charge is -2.29. The minimum absolute atomic E-state index is 0.693. The second-order valence-corrected chi connectivity index (χ2v) is 5.78. The van der Waals surface area contributed by atoms with Crippen LogP contribution in [0.3, 0.4) is 0 Å². The molecular formula is C16H23N3O. The van der Waals surface area contributed by atoms with Gasteiger partial charge in [-0.05, 0) is 44.4 Å². The average Bonchev–Trinajstić information content (AvgIpc) is 2.80. The van der Waals surface area contributed by atoms with Crippen molar-refractivity contribution in [1.82, 2.24) is 14.9 Å². The van der Waals surface area contributed by atoms with Crippen LogP contribution in [0.1, 0.15) is 32.5 Å². The van der Waals surface area contributed by atoms with Gasteiger partial charge in [-0.25, -0.2) is 4.98 Å². The molecule has 1 fully saturated rings. The van der Waals surface area contributed by atoms with Gasteiger partial charge in [0.25, 0.3) is 0 Å². The molecule has 1 atom stereocenters. The van der Waals surface area contributed by atoms with Gasteiger partial charge in [-0.2, -0.15) is 0 Å². The van der Waals surface area contributed by atoms with Crippen LogP contribution in [0, 0.1) is 5.92 Å². The normalized spacial score (nSPS) is 20.4. The van der Waals surface area contributed by atoms with E-state index in [0.717, 1.165) is 35.1 Å². The van der Waals surface area contributed by atoms with E-state index in [0.29, 0.717) is 6.61 Å². The van der Waals surface area contributed by atoms with Gasteiger partial charge in [0.2, 0.25) is 0 Å². The molecule has 20 heavy (non-hydrogen) atoms. The molecule has 4 nitrogen and oxygen atoms in total. The van der Waals surface area contributed by atoms with E-state index in [1.807, 2.05) is 25.1 Å². The summed E-state index contributed by atoms with van der Waals surface area (Å²) >= 11 is 0. The molecule has 0 spiro atoms. The van der Waals surface area contributed by atoms with Gasteiger partial charge in [-0.1, -0.05) is 6.92 Å². The van der Waals surface area contributed by atoms with Gasteiger partial charge in [-0.3, -0.25) is 4.90 Å². The summed E-state index contributed by atoms with van der Waals surface area (Å²) in [5.74, 6) is 2.77. The number of fused-ring (bicyclic) bond motifs is 1. The van der Waals surface area contributed by atoms with Gasteiger partial charge in [0, 0.05) is 12.6 Å². The number of nitrogens with one attached hydrogen (secondary N) is 1. The Hall–Kier alpha value is -1.55. The summed E-state index contributed by atoms with van der Waals surface area (Å²) < 4.78 is 5.53. The number of benzene rings is 1. The maximum absolute atomic E-state index is 5.53. The van der Waals surface area contributed by atoms with Crippen molar-refractivity contribution in [1.29, 1.82) is 0 Å². The Morgan fingerprint density at radius 2 is 2.35 bits per heavy atom. The smallest absolute Gasteiger partial charge is 0.121 e. The van der Waals surface area contributed by atoms with Gasteiger partial charge >= 0.3 is 0 Å². The summed E-state index contributed by atoms with van der Waals surface area (Å²) in [5, 5.41) is 0. The molecule has 0 aliphatic carbocycles. The van der Waals surface area contributed by atoms with E-state index in [-0.39, 0.29) is 0 Å². The van der Waals surface area contributed by atoms with Crippen molar-refractivity contribution in [2.75, 3.05) is 19.7 Å². The van der Waals surface area contributed by atoms with E-state index in [9.17, 15) is 0 Å². The van der Waals surface area contributed by atoms with Crippen LogP contribution in [0.15, 0.2) is 18.2 Å². The predicted molar refractivity (Wildman–Crippen MR) is 80.9 cm³/mol. The number of nitrogens with zero attached hydrogens (tertiary/aromatic N) is 2. The molecule has 1 saturated heterocycles. The van der Waals surface area contributed by atoms with E-state index in [1.165, 1.54) is 25.9 Å². The first-order valence-electron chi connectivity index (χ1n) is 7.58. The molecule has 2 aromatic rings. The highest BCUT2D eigenvalue weighted by molar-refractivity contribution is 5.76. The van der Waals surface area contributed by atoms with Crippen molar-refractivity contribution in [2.45, 2.75) is 33.2 Å². The summed E-state index contributed by atoms with van der Waals surface area (Å²) in [5.41, 5.74) is 2.09. The number of aromatic amines is 1. The van der Waals surface area contributed by atoms with Gasteiger partial charge in [0.15, 0.2) is 0 Å². The molecule has 1 aromatic carbocycles. The Balaban J connectivity index is 1.75. The van der Waals surface area contributed by atoms with E-state index < -0.39 is 0 Å². The number of aromatic nitrogens is 2. The number of imidazole rings is 1. The molecule has 1 aliphatic rings. The zero-order valence-corrected chi connectivity index (χ0v) is 12.4. The van der Waals surface area contributed by atoms with Crippen LogP contribution in [0.5, 0.6) is 5.75 Å². The van der Waals surface area contributed by atoms with Crippen LogP contribution in [0.25, 0.3) is 11.0 Å². The first kappa shape index (κ1) is 13.4. The highest BCUT2D eigenvalue weighted by Gasteiger charge is 2.17. The quantitative estimate of drug-likeness (QED) is 0.930. The van der Waals surface area contributed by atoms with Crippen molar-refractivity contribution >= 4 is 11.0 Å². The number of H-pyrrole nitrogens is 1. The first-order chi connectivity index (χ1) is 9.74. The minimum Gasteiger partial charge on any atom is -0.494 e. The molecule has 0 bridgehead atoms. The molecule has 1 aliphatic heterocycles. The van der Waals surface area contributed by atoms with Crippen molar-refractivity contribution in [3.8, 4) is 5.75 Å². The number of likely N-dealkylation sites (tertiary alicyclic amines) is 1. The molecule has 0 saturated carbocycles. The maximum atomic E-state index is 5.53. The van der Waals surface area contributed by atoms with E-state index in [4.69, 9.17) is 4.74 Å². The maximum Gasteiger partial charge on any atom is 0.121 e. The second kappa shape index (κ2) is 5.83. The van der Waals surface area contributed by atoms with Gasteiger partial charge < -0.3 is 9.72 Å². The topological polar surface area (TPSA) is 41.1 Å². The Morgan fingerprint density at radius 3 is 3.15 bits per heavy atom. The molecule has 4 heteroatoms. The fraction of sp³-hybridized carbons (Fsp3) is 0.562. The van der Waals surface area contributed by atoms with E-state index in [2.05, 4.69) is 21.8 Å². The van der Waals surface area contributed by atoms with Crippen molar-refractivity contribution < 1.29 is 4.74 Å². The molecular weight excluding hydrogens is 250 g/mol. The second-order valence-electron chi connectivity index (χ2n) is 5.78. The number of hydrogen-bond donors (Lipinski definition) is 1. The lowest BCUT2D eigenvalue weighted by Crippen LogP contribution is -2.34. The van der Waals surface area contributed by atoms with Crippen molar-refractivity contribution in [3.05, 3.63) is 24.0 Å². The molecule has 3 rings (SSSR count). The van der Waals surface area contributed by atoms with Crippen LogP contribution in [0.4, 0.5) is 0 Å². The van der Waals surface area contributed by atoms with Gasteiger partial charge in [0.1, 0.15) is 11.6 Å². The third-order valence-corrected chi connectivity index (χ3v) is 3.93. The fourth-order valence-corrected chi connectivity index (χ4v) is 3.02. The van der Waals surface area contributed by atoms with Crippen LogP contribution in [0.2, 0.25) is 0 Å². The number of piperidine rings is 1. The predicted octanol–water partition coefficient (Wildman–Crippen LogP) is 3.19. The molecule has 0 radical (unpaired) electrons. The Morgan fingerprint density at radius 1 is 1.45 bits per heavy atom. The summed E-state index contributed by atoms with van der Waals surface area (Å²) in [6, 6.07) is 6.05. The molecule has 1 unspecified atom stereocenters. The molecule has 2 heterocycles. The Kier molecular flexibility index (Phi) is 3.92. The fourth-order valence-electron chi connectivity index (χ4n) is 3.02. The summed E-state index contributed by atoms with van der Waals surface area (Å²) in [7, 11) is 0. The van der Waals surface area contributed by atoms with Crippen LogP contribution in [-0.4, -0.2) is 34.6 Å². The van der Waals surface area contributed by atoms with Gasteiger partial charge in [0.05, 0.1) is 24.2 Å². The number of hydrogen-bond acceptors (Lipinski definition) is 3. The Labute approximate surface area is 120 Å². The first-order valence-corrected chi connectivity index (χ1v) is 7.58. The lowest BCUT2D eigenvalue weighted by molar-refractivity contribution is 0.173. The molecule has 1 aromatic heterocycles. The molecule has 0 amide bonds. The molecule has 1 N–H and O–H groups in total. The SMILES string of the molecule is CCOc1ccc2nc(CN3CCCC(C)C3)[nH]c2c1. The standard InChI is InChI=1S/C16H23N3O/c1-3-20-13-6-7-14-15(9-13)18-16(17-14)11-19-8-4-5-12(2)10-19/h6-7,9,12H,3-5,8,10-11H2,1-2H3,(H,17,18). The zero-order valence-electron chi connectivity index (χ0n) is 12.4. The number of ether oxygens (including phenoxy) is 1. The van der Waals surface area contributed by atoms with Crippen molar-refractivity contribution in [3.63, 3.8) is 0 Å². The highest BCUT2D eigenvalue weighted by atomic mass is 16.5. The van der Waals surface area contributed by atoms with E-state index in [1.54, 1.807) is 0 Å². The van der Waals surface area contributed by atoms with Crippen LogP contribution in [-0.2, 0) is 6.54 Å². The average molecular weight is 273 g/mol. The Bertz CT molecular complexity index is 578. The highest BCUT2D eigenvalue weighted by Crippen LogP contribution is 2.21. The summed E-state index contributed by atoms with van der Waals surface area (Å²) in [6.45, 7) is 8.31. The van der Waals surface area contributed by atoms with Gasteiger partial charge in [-0.15, -0.1) is 0 Å². The third kappa shape index (κ3) is 2.96. The zero-order chi connectivity index (χ0) is 13.9. The van der Waals surface area contributed by atoms with Crippen LogP contribution < -0.4 is 4.74 Å². The summed E-state index contributed by atoms with van der Waals surface area (Å²) in [6.07, 6.45) is 2.66. The largest absolute Gasteiger partial charge is 0.494 e. The minimum atomic E-state index is 0.693. The molecule has 108 valence electrons.